The zero-order chi connectivity index (χ0) is 25.7. The highest BCUT2D eigenvalue weighted by molar-refractivity contribution is 7.99. The van der Waals surface area contributed by atoms with E-state index in [1.165, 1.54) is 17.8 Å². The summed E-state index contributed by atoms with van der Waals surface area (Å²) < 4.78 is 1.90. The number of amides is 2. The van der Waals surface area contributed by atoms with E-state index in [1.54, 1.807) is 24.3 Å². The van der Waals surface area contributed by atoms with Crippen molar-refractivity contribution in [2.45, 2.75) is 45.4 Å². The second-order valence-corrected chi connectivity index (χ2v) is 10.4. The van der Waals surface area contributed by atoms with Crippen molar-refractivity contribution in [2.24, 2.45) is 5.92 Å². The Hall–Kier alpha value is -2.26. The lowest BCUT2D eigenvalue weighted by molar-refractivity contribution is -0.113. The number of thioether (sulfide) groups is 1. The van der Waals surface area contributed by atoms with Gasteiger partial charge in [0.25, 0.3) is 5.91 Å². The number of hydrogen-bond acceptors (Lipinski definition) is 5. The molecule has 0 unspecified atom stereocenters. The minimum atomic E-state index is -0.417. The fourth-order valence-electron chi connectivity index (χ4n) is 3.35. The lowest BCUT2D eigenvalue weighted by atomic mass is 10.0. The summed E-state index contributed by atoms with van der Waals surface area (Å²) in [5, 5.41) is 16.4. The lowest BCUT2D eigenvalue weighted by Crippen LogP contribution is -2.34. The van der Waals surface area contributed by atoms with Crippen molar-refractivity contribution >= 4 is 64.1 Å². The average Bonchev–Trinajstić information content (AvgIpc) is 3.20. The molecule has 0 bridgehead atoms. The molecule has 1 atom stereocenters. The molecule has 0 aliphatic rings. The van der Waals surface area contributed by atoms with Gasteiger partial charge < -0.3 is 15.2 Å². The summed E-state index contributed by atoms with van der Waals surface area (Å²) in [4.78, 5) is 25.4. The number of carbonyl (C=O) groups is 2. The highest BCUT2D eigenvalue weighted by Gasteiger charge is 2.27. The molecule has 0 radical (unpaired) electrons. The topological polar surface area (TPSA) is 88.9 Å². The Balaban J connectivity index is 1.72. The molecule has 3 rings (SSSR count). The smallest absolute Gasteiger partial charge is 0.253 e. The summed E-state index contributed by atoms with van der Waals surface area (Å²) in [5.74, 6) is 0.249. The number of aromatic nitrogens is 3. The van der Waals surface area contributed by atoms with Crippen molar-refractivity contribution in [1.82, 2.24) is 20.1 Å². The van der Waals surface area contributed by atoms with Gasteiger partial charge in [-0.3, -0.25) is 9.59 Å². The van der Waals surface area contributed by atoms with Crippen LogP contribution in [0.15, 0.2) is 41.6 Å². The maximum Gasteiger partial charge on any atom is 0.253 e. The number of carbonyl (C=O) groups excluding carboxylic acids is 2. The molecule has 1 heterocycles. The van der Waals surface area contributed by atoms with Crippen molar-refractivity contribution in [1.29, 1.82) is 0 Å². The van der Waals surface area contributed by atoms with Crippen molar-refractivity contribution in [3.63, 3.8) is 0 Å². The fourth-order valence-corrected chi connectivity index (χ4v) is 4.84. The lowest BCUT2D eigenvalue weighted by Gasteiger charge is -2.22. The van der Waals surface area contributed by atoms with E-state index in [0.717, 1.165) is 5.56 Å². The van der Waals surface area contributed by atoms with Crippen LogP contribution in [0.5, 0.6) is 0 Å². The Labute approximate surface area is 223 Å². The third-order valence-corrected chi connectivity index (χ3v) is 7.18. The Morgan fingerprint density at radius 3 is 2.43 bits per heavy atom. The van der Waals surface area contributed by atoms with Gasteiger partial charge in [-0.15, -0.1) is 10.2 Å². The van der Waals surface area contributed by atoms with E-state index in [9.17, 15) is 9.59 Å². The van der Waals surface area contributed by atoms with Crippen LogP contribution in [0.25, 0.3) is 0 Å². The molecule has 11 heteroatoms. The summed E-state index contributed by atoms with van der Waals surface area (Å²) in [6, 6.07) is 9.69. The monoisotopic (exact) mass is 553 g/mol. The van der Waals surface area contributed by atoms with Crippen LogP contribution in [0, 0.1) is 12.8 Å². The first-order valence-electron chi connectivity index (χ1n) is 11.0. The molecule has 2 N–H and O–H groups in total. The number of aryl methyl sites for hydroxylation is 1. The number of anilines is 1. The quantitative estimate of drug-likeness (QED) is 0.298. The first kappa shape index (κ1) is 27.3. The summed E-state index contributed by atoms with van der Waals surface area (Å²) >= 11 is 19.6. The molecule has 2 aromatic carbocycles. The standard InChI is InChI=1S/C24H26Cl3N5O2S/c1-5-32-22(21(13(2)3)29-23(34)17-9-7-15(25)10-19(17)27)30-31-24(32)35-12-20(33)28-16-8-6-14(4)18(26)11-16/h6-11,13,21H,5,12H2,1-4H3,(H,28,33)(H,29,34)/t21-/m1/s1. The van der Waals surface area contributed by atoms with Crippen LogP contribution < -0.4 is 10.6 Å². The van der Waals surface area contributed by atoms with Gasteiger partial charge in [0.1, 0.15) is 0 Å². The van der Waals surface area contributed by atoms with Crippen LogP contribution in [0.2, 0.25) is 15.1 Å². The van der Waals surface area contributed by atoms with Crippen molar-refractivity contribution in [3.8, 4) is 0 Å². The van der Waals surface area contributed by atoms with E-state index in [4.69, 9.17) is 34.8 Å². The zero-order valence-corrected chi connectivity index (χ0v) is 22.8. The Morgan fingerprint density at radius 2 is 1.80 bits per heavy atom. The van der Waals surface area contributed by atoms with Gasteiger partial charge in [-0.2, -0.15) is 0 Å². The Kier molecular flexibility index (Phi) is 9.47. The number of rotatable bonds is 9. The first-order valence-corrected chi connectivity index (χ1v) is 13.1. The number of nitrogens with zero attached hydrogens (tertiary/aromatic N) is 3. The molecule has 2 amide bonds. The molecule has 0 spiro atoms. The van der Waals surface area contributed by atoms with Gasteiger partial charge in [0, 0.05) is 22.3 Å². The molecule has 186 valence electrons. The van der Waals surface area contributed by atoms with Crippen LogP contribution in [0.4, 0.5) is 5.69 Å². The highest BCUT2D eigenvalue weighted by atomic mass is 35.5. The third kappa shape index (κ3) is 6.91. The van der Waals surface area contributed by atoms with E-state index in [2.05, 4.69) is 20.8 Å². The van der Waals surface area contributed by atoms with E-state index in [1.807, 2.05) is 38.3 Å². The molecule has 3 aromatic rings. The largest absolute Gasteiger partial charge is 0.342 e. The minimum Gasteiger partial charge on any atom is -0.342 e. The molecule has 0 fully saturated rings. The van der Waals surface area contributed by atoms with E-state index >= 15 is 0 Å². The number of benzene rings is 2. The Bertz CT molecular complexity index is 1230. The first-order chi connectivity index (χ1) is 16.6. The van der Waals surface area contributed by atoms with Crippen LogP contribution in [-0.4, -0.2) is 32.3 Å². The van der Waals surface area contributed by atoms with Crippen LogP contribution in [-0.2, 0) is 11.3 Å². The zero-order valence-electron chi connectivity index (χ0n) is 19.7. The van der Waals surface area contributed by atoms with Gasteiger partial charge in [-0.25, -0.2) is 0 Å². The maximum atomic E-state index is 12.9. The minimum absolute atomic E-state index is 0.0203. The molecule has 7 nitrogen and oxygen atoms in total. The number of halogens is 3. The van der Waals surface area contributed by atoms with Crippen molar-refractivity contribution < 1.29 is 9.59 Å². The third-order valence-electron chi connectivity index (χ3n) is 5.26. The van der Waals surface area contributed by atoms with Gasteiger partial charge in [0.2, 0.25) is 5.91 Å². The SMILES string of the molecule is CCn1c(SCC(=O)Nc2ccc(C)c(Cl)c2)nnc1[C@H](NC(=O)c1ccc(Cl)cc1Cl)C(C)C. The van der Waals surface area contributed by atoms with Crippen LogP contribution in [0.3, 0.4) is 0 Å². The molecule has 0 saturated heterocycles. The number of nitrogens with one attached hydrogen (secondary N) is 2. The normalized spacial score (nSPS) is 12.0. The molecule has 1 aromatic heterocycles. The fraction of sp³-hybridized carbons (Fsp3) is 0.333. The molecular weight excluding hydrogens is 529 g/mol. The van der Waals surface area contributed by atoms with Gasteiger partial charge >= 0.3 is 0 Å². The highest BCUT2D eigenvalue weighted by Crippen LogP contribution is 2.27. The average molecular weight is 555 g/mol. The summed E-state index contributed by atoms with van der Waals surface area (Å²) in [6.07, 6.45) is 0. The molecule has 0 saturated carbocycles. The van der Waals surface area contributed by atoms with Gasteiger partial charge in [0.15, 0.2) is 11.0 Å². The van der Waals surface area contributed by atoms with Crippen LogP contribution in [0.1, 0.15) is 48.6 Å². The second-order valence-electron chi connectivity index (χ2n) is 8.21. The predicted octanol–water partition coefficient (Wildman–Crippen LogP) is 6.42. The Morgan fingerprint density at radius 1 is 1.06 bits per heavy atom. The molecule has 35 heavy (non-hydrogen) atoms. The van der Waals surface area contributed by atoms with E-state index in [0.29, 0.717) is 38.8 Å². The van der Waals surface area contributed by atoms with Gasteiger partial charge in [0.05, 0.1) is 22.4 Å². The van der Waals surface area contributed by atoms with E-state index < -0.39 is 6.04 Å². The summed E-state index contributed by atoms with van der Waals surface area (Å²) in [5.41, 5.74) is 1.90. The predicted molar refractivity (Wildman–Crippen MR) is 143 cm³/mol. The maximum absolute atomic E-state index is 12.9. The molecule has 0 aliphatic carbocycles. The van der Waals surface area contributed by atoms with Crippen molar-refractivity contribution in [3.05, 3.63) is 68.4 Å². The summed E-state index contributed by atoms with van der Waals surface area (Å²) in [6.45, 7) is 8.39. The van der Waals surface area contributed by atoms with Gasteiger partial charge in [-0.1, -0.05) is 66.5 Å². The van der Waals surface area contributed by atoms with Crippen LogP contribution >= 0.6 is 46.6 Å². The van der Waals surface area contributed by atoms with Gasteiger partial charge in [-0.05, 0) is 55.7 Å². The number of hydrogen-bond donors (Lipinski definition) is 2. The van der Waals surface area contributed by atoms with E-state index in [-0.39, 0.29) is 28.5 Å². The molecule has 0 aliphatic heterocycles. The van der Waals surface area contributed by atoms with Crippen molar-refractivity contribution in [2.75, 3.05) is 11.1 Å². The molecular formula is C24H26Cl3N5O2S. The second kappa shape index (κ2) is 12.1. The summed E-state index contributed by atoms with van der Waals surface area (Å²) in [7, 11) is 0.